The van der Waals surface area contributed by atoms with Crippen LogP contribution in [-0.2, 0) is 4.79 Å². The first kappa shape index (κ1) is 26.7. The minimum Gasteiger partial charge on any atom is -0.496 e. The topological polar surface area (TPSA) is 90.5 Å². The van der Waals surface area contributed by atoms with E-state index in [1.165, 1.54) is 4.90 Å². The third-order valence-corrected chi connectivity index (χ3v) is 7.46. The molecule has 2 unspecified atom stereocenters. The number of hydrogen-bond acceptors (Lipinski definition) is 5. The summed E-state index contributed by atoms with van der Waals surface area (Å²) in [5.74, 6) is 0.128. The fraction of sp³-hybridized carbons (Fsp3) is 0.355. The van der Waals surface area contributed by atoms with E-state index < -0.39 is 6.10 Å². The number of pyridine rings is 1. The monoisotopic (exact) mass is 530 g/mol. The highest BCUT2D eigenvalue weighted by atomic mass is 19.1. The van der Waals surface area contributed by atoms with E-state index in [0.29, 0.717) is 12.8 Å². The minimum absolute atomic E-state index is 0.0963. The van der Waals surface area contributed by atoms with Crippen molar-refractivity contribution in [3.63, 3.8) is 0 Å². The number of hydrogen-bond donors (Lipinski definition) is 3. The molecule has 2 heterocycles. The van der Waals surface area contributed by atoms with Crippen molar-refractivity contribution in [3.8, 4) is 16.9 Å². The molecule has 3 N–H and O–H groups in total. The number of aromatic amines is 1. The Balaban J connectivity index is 1.58. The summed E-state index contributed by atoms with van der Waals surface area (Å²) in [5, 5.41) is 14.4. The first-order valence-corrected chi connectivity index (χ1v) is 13.4. The predicted molar refractivity (Wildman–Crippen MR) is 152 cm³/mol. The molecule has 3 aromatic rings. The lowest BCUT2D eigenvalue weighted by Gasteiger charge is -2.30. The summed E-state index contributed by atoms with van der Waals surface area (Å²) in [6, 6.07) is 9.78. The molecule has 7 nitrogen and oxygen atoms in total. The Morgan fingerprint density at radius 2 is 2.05 bits per heavy atom. The van der Waals surface area contributed by atoms with Crippen LogP contribution in [-0.4, -0.2) is 59.2 Å². The first-order chi connectivity index (χ1) is 18.9. The Bertz CT molecular complexity index is 1470. The number of rotatable bonds is 6. The number of carbonyl (C=O) groups is 1. The van der Waals surface area contributed by atoms with E-state index in [-0.39, 0.29) is 35.5 Å². The van der Waals surface area contributed by atoms with E-state index in [1.807, 2.05) is 42.6 Å². The smallest absolute Gasteiger partial charge is 0.255 e. The van der Waals surface area contributed by atoms with Crippen LogP contribution in [0.3, 0.4) is 0 Å². The molecule has 1 saturated carbocycles. The van der Waals surface area contributed by atoms with Gasteiger partial charge in [0, 0.05) is 61.0 Å². The van der Waals surface area contributed by atoms with Crippen molar-refractivity contribution in [1.29, 1.82) is 0 Å². The molecule has 1 fully saturated rings. The van der Waals surface area contributed by atoms with Gasteiger partial charge < -0.3 is 25.0 Å². The molecule has 8 heteroatoms. The lowest BCUT2D eigenvalue weighted by Crippen LogP contribution is -2.38. The number of benzene rings is 1. The molecule has 0 bridgehead atoms. The van der Waals surface area contributed by atoms with Crippen LogP contribution in [0.5, 0.6) is 5.75 Å². The third-order valence-electron chi connectivity index (χ3n) is 7.46. The van der Waals surface area contributed by atoms with E-state index in [0.717, 1.165) is 58.3 Å². The number of nitrogens with zero attached hydrogens (tertiary/aromatic N) is 2. The zero-order valence-electron chi connectivity index (χ0n) is 22.6. The predicted octanol–water partition coefficient (Wildman–Crippen LogP) is 5.50. The molecule has 0 aliphatic heterocycles. The summed E-state index contributed by atoms with van der Waals surface area (Å²) in [6.45, 7) is 0. The number of H-pyrrole nitrogens is 1. The van der Waals surface area contributed by atoms with Crippen LogP contribution in [0.4, 0.5) is 4.39 Å². The van der Waals surface area contributed by atoms with Gasteiger partial charge in [0.05, 0.1) is 24.5 Å². The highest BCUT2D eigenvalue weighted by molar-refractivity contribution is 6.02. The van der Waals surface area contributed by atoms with Crippen molar-refractivity contribution in [3.05, 3.63) is 77.5 Å². The number of halogens is 1. The Labute approximate surface area is 228 Å². The first-order valence-electron chi connectivity index (χ1n) is 13.4. The van der Waals surface area contributed by atoms with Crippen molar-refractivity contribution in [2.24, 2.45) is 0 Å². The van der Waals surface area contributed by atoms with E-state index in [9.17, 15) is 9.90 Å². The van der Waals surface area contributed by atoms with Gasteiger partial charge in [0.2, 0.25) is 0 Å². The fourth-order valence-electron chi connectivity index (χ4n) is 5.43. The molecule has 0 radical (unpaired) electrons. The largest absolute Gasteiger partial charge is 0.496 e. The van der Waals surface area contributed by atoms with Gasteiger partial charge in [-0.15, -0.1) is 0 Å². The van der Waals surface area contributed by atoms with Crippen molar-refractivity contribution < 1.29 is 19.0 Å². The second-order valence-electron chi connectivity index (χ2n) is 10.4. The van der Waals surface area contributed by atoms with Gasteiger partial charge >= 0.3 is 0 Å². The second kappa shape index (κ2) is 11.5. The number of ether oxygens (including phenoxy) is 1. The molecule has 0 saturated heterocycles. The molecule has 204 valence electrons. The number of methoxy groups -OCH3 is 1. The number of fused-ring (bicyclic) bond motifs is 1. The van der Waals surface area contributed by atoms with Gasteiger partial charge in [0.15, 0.2) is 0 Å². The number of aliphatic hydroxyl groups excluding tert-OH is 1. The maximum absolute atomic E-state index is 15.5. The highest BCUT2D eigenvalue weighted by Crippen LogP contribution is 2.36. The van der Waals surface area contributed by atoms with Gasteiger partial charge in [-0.3, -0.25) is 4.79 Å². The quantitative estimate of drug-likeness (QED) is 0.391. The third kappa shape index (κ3) is 5.61. The maximum Gasteiger partial charge on any atom is 0.255 e. The average Bonchev–Trinajstić information content (AvgIpc) is 3.35. The Kier molecular flexibility index (Phi) is 7.84. The Morgan fingerprint density at radius 3 is 2.82 bits per heavy atom. The van der Waals surface area contributed by atoms with Crippen LogP contribution in [0.1, 0.15) is 44.1 Å². The second-order valence-corrected chi connectivity index (χ2v) is 10.4. The summed E-state index contributed by atoms with van der Waals surface area (Å²) in [5.41, 5.74) is 4.77. The van der Waals surface area contributed by atoms with Crippen LogP contribution in [0.25, 0.3) is 27.7 Å². The standard InChI is InChI=1S/C31H35FN4O3/c1-36(2)31(38)25-14-19(8-6-12-27(32)29(25)35-21-9-7-10-22(37)16-21)20-15-24-26(18-34-30(24)33-17-20)23-11-4-5-13-28(23)39-3/h4-5,8,11,13-15,17-18,21-22,35,37H,6-7,9-10,12,16H2,1-3H3,(H,33,34)/b19-8+,25-14+,29-27-. The number of aromatic nitrogens is 2. The number of amides is 1. The molecule has 2 aliphatic carbocycles. The lowest BCUT2D eigenvalue weighted by atomic mass is 9.91. The van der Waals surface area contributed by atoms with Gasteiger partial charge in [-0.05, 0) is 55.9 Å². The van der Waals surface area contributed by atoms with E-state index in [1.54, 1.807) is 33.5 Å². The highest BCUT2D eigenvalue weighted by Gasteiger charge is 2.27. The van der Waals surface area contributed by atoms with Crippen molar-refractivity contribution in [2.75, 3.05) is 21.2 Å². The lowest BCUT2D eigenvalue weighted by molar-refractivity contribution is -0.124. The molecule has 2 aliphatic rings. The number of likely N-dealkylation sites (N-methyl/N-ethyl adjacent to an activating group) is 1. The zero-order valence-corrected chi connectivity index (χ0v) is 22.6. The van der Waals surface area contributed by atoms with E-state index in [2.05, 4.69) is 15.3 Å². The van der Waals surface area contributed by atoms with Crippen LogP contribution in [0.15, 0.2) is 72.0 Å². The maximum atomic E-state index is 15.5. The van der Waals surface area contributed by atoms with Gasteiger partial charge in [0.1, 0.15) is 17.2 Å². The summed E-state index contributed by atoms with van der Waals surface area (Å²) in [4.78, 5) is 22.8. The molecule has 1 amide bonds. The molecule has 2 atom stereocenters. The summed E-state index contributed by atoms with van der Waals surface area (Å²) >= 11 is 0. The fourth-order valence-corrected chi connectivity index (χ4v) is 5.43. The Morgan fingerprint density at radius 1 is 1.23 bits per heavy atom. The van der Waals surface area contributed by atoms with Gasteiger partial charge in [-0.25, -0.2) is 9.37 Å². The molecular formula is C31H35FN4O3. The van der Waals surface area contributed by atoms with Crippen molar-refractivity contribution in [2.45, 2.75) is 50.7 Å². The molecule has 1 aromatic carbocycles. The number of allylic oxidation sites excluding steroid dienone is 4. The van der Waals surface area contributed by atoms with E-state index >= 15 is 4.39 Å². The summed E-state index contributed by atoms with van der Waals surface area (Å²) in [7, 11) is 4.98. The van der Waals surface area contributed by atoms with Crippen LogP contribution < -0.4 is 10.1 Å². The van der Waals surface area contributed by atoms with Crippen molar-refractivity contribution in [1.82, 2.24) is 20.2 Å². The van der Waals surface area contributed by atoms with Crippen LogP contribution in [0, 0.1) is 0 Å². The molecule has 2 aromatic heterocycles. The number of carbonyl (C=O) groups excluding carboxylic acids is 1. The number of nitrogens with one attached hydrogen (secondary N) is 2. The summed E-state index contributed by atoms with van der Waals surface area (Å²) in [6.07, 6.45) is 10.6. The van der Waals surface area contributed by atoms with Crippen molar-refractivity contribution >= 4 is 22.5 Å². The number of para-hydroxylation sites is 1. The zero-order chi connectivity index (χ0) is 27.5. The van der Waals surface area contributed by atoms with Crippen LogP contribution in [0.2, 0.25) is 0 Å². The van der Waals surface area contributed by atoms with Gasteiger partial charge in [-0.1, -0.05) is 24.3 Å². The van der Waals surface area contributed by atoms with E-state index in [4.69, 9.17) is 4.74 Å². The Hall–Kier alpha value is -3.91. The molecule has 5 rings (SSSR count). The number of aliphatic hydroxyl groups is 1. The normalized spacial score (nSPS) is 24.6. The SMILES string of the molecule is COc1ccccc1-c1c[nH]c2ncc(C3=C/CC\C(F)=C(NC4CCCC(O)C4)/C(C(=O)N(C)C)=C\3)cc12. The van der Waals surface area contributed by atoms with Gasteiger partial charge in [0.25, 0.3) is 5.91 Å². The average molecular weight is 531 g/mol. The van der Waals surface area contributed by atoms with Crippen LogP contribution >= 0.6 is 0 Å². The summed E-state index contributed by atoms with van der Waals surface area (Å²) < 4.78 is 21.1. The minimum atomic E-state index is -0.419. The molecule has 39 heavy (non-hydrogen) atoms. The van der Waals surface area contributed by atoms with Gasteiger partial charge in [-0.2, -0.15) is 0 Å². The molecule has 0 spiro atoms. The molecular weight excluding hydrogens is 495 g/mol.